The van der Waals surface area contributed by atoms with Crippen molar-refractivity contribution in [1.82, 2.24) is 10.6 Å². The Morgan fingerprint density at radius 2 is 1.88 bits per heavy atom. The summed E-state index contributed by atoms with van der Waals surface area (Å²) in [6, 6.07) is 4.55. The van der Waals surface area contributed by atoms with Gasteiger partial charge in [-0.05, 0) is 23.6 Å². The Morgan fingerprint density at radius 1 is 1.16 bits per heavy atom. The predicted molar refractivity (Wildman–Crippen MR) is 88.5 cm³/mol. The number of rotatable bonds is 6. The molecule has 25 heavy (non-hydrogen) atoms. The van der Waals surface area contributed by atoms with Crippen LogP contribution in [0, 0.1) is 5.92 Å². The quantitative estimate of drug-likeness (QED) is 0.743. The first-order valence-electron chi connectivity index (χ1n) is 8.06. The summed E-state index contributed by atoms with van der Waals surface area (Å²) in [6.45, 7) is 4.75. The van der Waals surface area contributed by atoms with Crippen LogP contribution in [-0.4, -0.2) is 44.3 Å². The van der Waals surface area contributed by atoms with Crippen LogP contribution in [0.1, 0.15) is 19.4 Å². The summed E-state index contributed by atoms with van der Waals surface area (Å²) >= 11 is 0. The SMILES string of the molecule is CC(C)CNC(=O)NC(=O)COC(=O)Cc1ccc2c(c1)OCCO2. The number of benzene rings is 1. The molecule has 0 atom stereocenters. The number of nitrogens with one attached hydrogen (secondary N) is 2. The van der Waals surface area contributed by atoms with Gasteiger partial charge in [0.2, 0.25) is 0 Å². The molecular formula is C17H22N2O6. The average Bonchev–Trinajstić information content (AvgIpc) is 2.58. The molecule has 1 aromatic carbocycles. The molecule has 136 valence electrons. The monoisotopic (exact) mass is 350 g/mol. The van der Waals surface area contributed by atoms with Crippen LogP contribution in [0.3, 0.4) is 0 Å². The Labute approximate surface area is 145 Å². The molecule has 1 aliphatic rings. The van der Waals surface area contributed by atoms with E-state index in [1.807, 2.05) is 13.8 Å². The van der Waals surface area contributed by atoms with Crippen LogP contribution in [0.2, 0.25) is 0 Å². The Kier molecular flexibility index (Phi) is 6.62. The number of urea groups is 1. The molecule has 0 saturated carbocycles. The van der Waals surface area contributed by atoms with E-state index < -0.39 is 24.5 Å². The lowest BCUT2D eigenvalue weighted by atomic mass is 10.1. The molecular weight excluding hydrogens is 328 g/mol. The van der Waals surface area contributed by atoms with Crippen LogP contribution in [-0.2, 0) is 20.7 Å². The van der Waals surface area contributed by atoms with Crippen molar-refractivity contribution in [3.63, 3.8) is 0 Å². The molecule has 2 N–H and O–H groups in total. The van der Waals surface area contributed by atoms with Crippen LogP contribution in [0.25, 0.3) is 0 Å². The Balaban J connectivity index is 1.73. The van der Waals surface area contributed by atoms with E-state index in [2.05, 4.69) is 10.6 Å². The van der Waals surface area contributed by atoms with Gasteiger partial charge in [-0.25, -0.2) is 4.79 Å². The minimum Gasteiger partial charge on any atom is -0.486 e. The van der Waals surface area contributed by atoms with Crippen LogP contribution in [0.4, 0.5) is 4.79 Å². The van der Waals surface area contributed by atoms with Crippen LogP contribution in [0.15, 0.2) is 18.2 Å². The maximum Gasteiger partial charge on any atom is 0.321 e. The van der Waals surface area contributed by atoms with Gasteiger partial charge < -0.3 is 19.5 Å². The number of hydrogen-bond acceptors (Lipinski definition) is 6. The van der Waals surface area contributed by atoms with Crippen LogP contribution in [0.5, 0.6) is 11.5 Å². The molecule has 1 heterocycles. The molecule has 8 nitrogen and oxygen atoms in total. The van der Waals surface area contributed by atoms with Crippen molar-refractivity contribution in [3.8, 4) is 11.5 Å². The molecule has 0 unspecified atom stereocenters. The minimum absolute atomic E-state index is 0.0105. The third-order valence-electron chi connectivity index (χ3n) is 3.24. The summed E-state index contributed by atoms with van der Waals surface area (Å²) in [7, 11) is 0. The number of carbonyl (C=O) groups excluding carboxylic acids is 3. The molecule has 3 amide bonds. The predicted octanol–water partition coefficient (Wildman–Crippen LogP) is 1.03. The fourth-order valence-corrected chi connectivity index (χ4v) is 2.07. The third-order valence-corrected chi connectivity index (χ3v) is 3.24. The number of amides is 3. The summed E-state index contributed by atoms with van der Waals surface area (Å²) in [6.07, 6.45) is -0.0105. The first-order valence-corrected chi connectivity index (χ1v) is 8.06. The largest absolute Gasteiger partial charge is 0.486 e. The normalized spacial score (nSPS) is 12.4. The third kappa shape index (κ3) is 6.33. The Bertz CT molecular complexity index is 644. The molecule has 0 aliphatic carbocycles. The lowest BCUT2D eigenvalue weighted by Crippen LogP contribution is -2.42. The number of fused-ring (bicyclic) bond motifs is 1. The molecule has 0 aromatic heterocycles. The van der Waals surface area contributed by atoms with Gasteiger partial charge in [0.25, 0.3) is 5.91 Å². The zero-order valence-electron chi connectivity index (χ0n) is 14.3. The lowest BCUT2D eigenvalue weighted by Gasteiger charge is -2.18. The second-order valence-electron chi connectivity index (χ2n) is 5.97. The van der Waals surface area contributed by atoms with Crippen molar-refractivity contribution in [3.05, 3.63) is 23.8 Å². The highest BCUT2D eigenvalue weighted by atomic mass is 16.6. The fourth-order valence-electron chi connectivity index (χ4n) is 2.07. The zero-order valence-corrected chi connectivity index (χ0v) is 14.3. The molecule has 0 spiro atoms. The van der Waals surface area contributed by atoms with E-state index in [0.717, 1.165) is 0 Å². The maximum absolute atomic E-state index is 11.8. The van der Waals surface area contributed by atoms with Gasteiger partial charge in [0.15, 0.2) is 18.1 Å². The number of hydrogen-bond donors (Lipinski definition) is 2. The average molecular weight is 350 g/mol. The summed E-state index contributed by atoms with van der Waals surface area (Å²) in [4.78, 5) is 34.8. The number of carbonyl (C=O) groups is 3. The summed E-state index contributed by atoms with van der Waals surface area (Å²) in [5.41, 5.74) is 0.685. The van der Waals surface area contributed by atoms with Crippen molar-refractivity contribution in [2.45, 2.75) is 20.3 Å². The first-order chi connectivity index (χ1) is 11.9. The standard InChI is InChI=1S/C17H22N2O6/c1-11(2)9-18-17(22)19-15(20)10-25-16(21)8-12-3-4-13-14(7-12)24-6-5-23-13/h3-4,7,11H,5-6,8-10H2,1-2H3,(H2,18,19,20,22). The van der Waals surface area contributed by atoms with Crippen molar-refractivity contribution >= 4 is 17.9 Å². The van der Waals surface area contributed by atoms with E-state index in [4.69, 9.17) is 14.2 Å². The number of esters is 1. The molecule has 0 bridgehead atoms. The molecule has 0 radical (unpaired) electrons. The number of ether oxygens (including phenoxy) is 3. The summed E-state index contributed by atoms with van der Waals surface area (Å²) in [5.74, 6) is 0.224. The lowest BCUT2D eigenvalue weighted by molar-refractivity contribution is -0.147. The van der Waals surface area contributed by atoms with Crippen molar-refractivity contribution < 1.29 is 28.6 Å². The smallest absolute Gasteiger partial charge is 0.321 e. The van der Waals surface area contributed by atoms with Gasteiger partial charge in [0.1, 0.15) is 13.2 Å². The van der Waals surface area contributed by atoms with Gasteiger partial charge in [-0.15, -0.1) is 0 Å². The second-order valence-corrected chi connectivity index (χ2v) is 5.97. The van der Waals surface area contributed by atoms with E-state index >= 15 is 0 Å². The summed E-state index contributed by atoms with van der Waals surface area (Å²) in [5, 5.41) is 4.63. The van der Waals surface area contributed by atoms with E-state index in [1.54, 1.807) is 18.2 Å². The molecule has 0 fully saturated rings. The fraction of sp³-hybridized carbons (Fsp3) is 0.471. The molecule has 1 aliphatic heterocycles. The van der Waals surface area contributed by atoms with Gasteiger partial charge in [0, 0.05) is 6.54 Å². The zero-order chi connectivity index (χ0) is 18.2. The molecule has 2 rings (SSSR count). The number of imide groups is 1. The van der Waals surface area contributed by atoms with Gasteiger partial charge in [-0.3, -0.25) is 14.9 Å². The van der Waals surface area contributed by atoms with Crippen LogP contribution < -0.4 is 20.1 Å². The Hall–Kier alpha value is -2.77. The van der Waals surface area contributed by atoms with Gasteiger partial charge in [-0.2, -0.15) is 0 Å². The van der Waals surface area contributed by atoms with Crippen molar-refractivity contribution in [2.24, 2.45) is 5.92 Å². The minimum atomic E-state index is -0.684. The molecule has 0 saturated heterocycles. The van der Waals surface area contributed by atoms with E-state index in [0.29, 0.717) is 36.8 Å². The van der Waals surface area contributed by atoms with Crippen molar-refractivity contribution in [2.75, 3.05) is 26.4 Å². The van der Waals surface area contributed by atoms with Gasteiger partial charge >= 0.3 is 12.0 Å². The highest BCUT2D eigenvalue weighted by molar-refractivity contribution is 5.95. The molecule has 1 aromatic rings. The maximum atomic E-state index is 11.8. The van der Waals surface area contributed by atoms with Gasteiger partial charge in [0.05, 0.1) is 6.42 Å². The van der Waals surface area contributed by atoms with Crippen LogP contribution >= 0.6 is 0 Å². The van der Waals surface area contributed by atoms with E-state index in [1.165, 1.54) is 0 Å². The second kappa shape index (κ2) is 8.91. The first kappa shape index (κ1) is 18.6. The highest BCUT2D eigenvalue weighted by Crippen LogP contribution is 2.30. The highest BCUT2D eigenvalue weighted by Gasteiger charge is 2.15. The van der Waals surface area contributed by atoms with Gasteiger partial charge in [-0.1, -0.05) is 19.9 Å². The topological polar surface area (TPSA) is 103 Å². The summed E-state index contributed by atoms with van der Waals surface area (Å²) < 4.78 is 15.7. The molecule has 8 heteroatoms. The van der Waals surface area contributed by atoms with E-state index in [-0.39, 0.29) is 12.3 Å². The van der Waals surface area contributed by atoms with E-state index in [9.17, 15) is 14.4 Å². The Morgan fingerprint density at radius 3 is 2.60 bits per heavy atom. The van der Waals surface area contributed by atoms with Crippen molar-refractivity contribution in [1.29, 1.82) is 0 Å².